The number of aliphatic carboxylic acids is 1. The van der Waals surface area contributed by atoms with Crippen LogP contribution < -0.4 is 10.6 Å². The average Bonchev–Trinajstić information content (AvgIpc) is 2.33. The Morgan fingerprint density at radius 3 is 2.20 bits per heavy atom. The molecule has 0 spiro atoms. The summed E-state index contributed by atoms with van der Waals surface area (Å²) >= 11 is 0. The summed E-state index contributed by atoms with van der Waals surface area (Å²) in [5.41, 5.74) is 2.74. The molecule has 20 heavy (non-hydrogen) atoms. The number of aryl methyl sites for hydroxylation is 2. The van der Waals surface area contributed by atoms with Crippen molar-refractivity contribution >= 4 is 17.7 Å². The molecule has 2 amide bonds. The van der Waals surface area contributed by atoms with E-state index in [-0.39, 0.29) is 5.92 Å². The van der Waals surface area contributed by atoms with E-state index in [1.807, 2.05) is 39.0 Å². The lowest BCUT2D eigenvalue weighted by Gasteiger charge is -2.20. The molecule has 0 aromatic heterocycles. The molecule has 5 nitrogen and oxygen atoms in total. The van der Waals surface area contributed by atoms with E-state index < -0.39 is 18.0 Å². The Morgan fingerprint density at radius 2 is 1.75 bits per heavy atom. The monoisotopic (exact) mass is 278 g/mol. The van der Waals surface area contributed by atoms with Gasteiger partial charge in [-0.3, -0.25) is 0 Å². The third kappa shape index (κ3) is 4.57. The van der Waals surface area contributed by atoms with Gasteiger partial charge in [0.15, 0.2) is 0 Å². The Hall–Kier alpha value is -2.04. The van der Waals surface area contributed by atoms with Crippen LogP contribution in [0.25, 0.3) is 0 Å². The van der Waals surface area contributed by atoms with Crippen LogP contribution in [0.5, 0.6) is 0 Å². The third-order valence-corrected chi connectivity index (χ3v) is 3.25. The molecule has 1 aromatic rings. The number of nitrogens with one attached hydrogen (secondary N) is 2. The minimum atomic E-state index is -1.02. The van der Waals surface area contributed by atoms with Crippen LogP contribution >= 0.6 is 0 Å². The summed E-state index contributed by atoms with van der Waals surface area (Å²) < 4.78 is 0. The summed E-state index contributed by atoms with van der Waals surface area (Å²) in [4.78, 5) is 23.0. The van der Waals surface area contributed by atoms with Crippen molar-refractivity contribution in [3.63, 3.8) is 0 Å². The van der Waals surface area contributed by atoms with E-state index >= 15 is 0 Å². The number of carbonyl (C=O) groups is 2. The van der Waals surface area contributed by atoms with Crippen molar-refractivity contribution in [1.29, 1.82) is 0 Å². The van der Waals surface area contributed by atoms with Crippen molar-refractivity contribution in [3.05, 3.63) is 29.3 Å². The Balaban J connectivity index is 2.73. The highest BCUT2D eigenvalue weighted by atomic mass is 16.4. The summed E-state index contributed by atoms with van der Waals surface area (Å²) in [5, 5.41) is 14.3. The average molecular weight is 278 g/mol. The molecule has 0 aliphatic rings. The summed E-state index contributed by atoms with van der Waals surface area (Å²) in [6, 6.07) is 4.30. The number of rotatable bonds is 5. The first-order chi connectivity index (χ1) is 9.33. The summed E-state index contributed by atoms with van der Waals surface area (Å²) in [5.74, 6) is -1.15. The smallest absolute Gasteiger partial charge is 0.326 e. The maximum atomic E-state index is 11.9. The molecule has 2 atom stereocenters. The van der Waals surface area contributed by atoms with Crippen LogP contribution in [-0.4, -0.2) is 23.1 Å². The second kappa shape index (κ2) is 6.93. The van der Waals surface area contributed by atoms with Crippen molar-refractivity contribution in [2.45, 2.75) is 40.2 Å². The second-order valence-electron chi connectivity index (χ2n) is 5.18. The Labute approximate surface area is 119 Å². The number of carboxylic acids is 1. The fraction of sp³-hybridized carbons (Fsp3) is 0.467. The van der Waals surface area contributed by atoms with E-state index in [1.54, 1.807) is 6.92 Å². The van der Waals surface area contributed by atoms with Crippen LogP contribution in [0.2, 0.25) is 0 Å². The molecule has 1 aromatic carbocycles. The molecule has 0 aliphatic carbocycles. The van der Waals surface area contributed by atoms with Gasteiger partial charge in [0.2, 0.25) is 0 Å². The van der Waals surface area contributed by atoms with Gasteiger partial charge in [-0.05, 0) is 43.0 Å². The lowest BCUT2D eigenvalue weighted by Crippen LogP contribution is -2.46. The van der Waals surface area contributed by atoms with Gasteiger partial charge in [0, 0.05) is 5.69 Å². The van der Waals surface area contributed by atoms with Crippen LogP contribution in [0.15, 0.2) is 18.2 Å². The maximum absolute atomic E-state index is 11.9. The highest BCUT2D eigenvalue weighted by Gasteiger charge is 2.25. The minimum Gasteiger partial charge on any atom is -0.480 e. The molecule has 5 heteroatoms. The zero-order valence-electron chi connectivity index (χ0n) is 12.4. The highest BCUT2D eigenvalue weighted by Crippen LogP contribution is 2.14. The van der Waals surface area contributed by atoms with Crippen LogP contribution in [0.3, 0.4) is 0 Å². The molecule has 0 aliphatic heterocycles. The topological polar surface area (TPSA) is 78.4 Å². The Kier molecular flexibility index (Phi) is 5.55. The number of hydrogen-bond donors (Lipinski definition) is 3. The number of urea groups is 1. The van der Waals surface area contributed by atoms with Gasteiger partial charge in [0.1, 0.15) is 6.04 Å². The summed E-state index contributed by atoms with van der Waals surface area (Å²) in [6.07, 6.45) is 0.681. The van der Waals surface area contributed by atoms with Crippen LogP contribution in [0.1, 0.15) is 31.4 Å². The van der Waals surface area contributed by atoms with Crippen molar-refractivity contribution in [2.24, 2.45) is 5.92 Å². The van der Waals surface area contributed by atoms with E-state index in [4.69, 9.17) is 5.11 Å². The van der Waals surface area contributed by atoms with Gasteiger partial charge in [0.25, 0.3) is 0 Å². The van der Waals surface area contributed by atoms with Gasteiger partial charge >= 0.3 is 12.0 Å². The predicted molar refractivity (Wildman–Crippen MR) is 78.9 cm³/mol. The maximum Gasteiger partial charge on any atom is 0.326 e. The lowest BCUT2D eigenvalue weighted by molar-refractivity contribution is -0.140. The molecule has 0 bridgehead atoms. The van der Waals surface area contributed by atoms with Crippen molar-refractivity contribution < 1.29 is 14.7 Å². The van der Waals surface area contributed by atoms with Gasteiger partial charge in [-0.1, -0.05) is 26.3 Å². The van der Waals surface area contributed by atoms with E-state index in [1.165, 1.54) is 0 Å². The second-order valence-corrected chi connectivity index (χ2v) is 5.18. The highest BCUT2D eigenvalue weighted by molar-refractivity contribution is 5.92. The molecule has 0 heterocycles. The fourth-order valence-electron chi connectivity index (χ4n) is 2.04. The van der Waals surface area contributed by atoms with Crippen molar-refractivity contribution in [3.8, 4) is 0 Å². The largest absolute Gasteiger partial charge is 0.480 e. The number of hydrogen-bond acceptors (Lipinski definition) is 2. The number of benzene rings is 1. The first-order valence-corrected chi connectivity index (χ1v) is 6.72. The summed E-state index contributed by atoms with van der Waals surface area (Å²) in [6.45, 7) is 7.57. The standard InChI is InChI=1S/C15H22N2O3/c1-5-11(4)13(14(18)19)17-15(20)16-12-7-9(2)6-10(3)8-12/h6-8,11,13H,5H2,1-4H3,(H,18,19)(H2,16,17,20)/t11-,13+/m1/s1. The first-order valence-electron chi connectivity index (χ1n) is 6.72. The van der Waals surface area contributed by atoms with Crippen molar-refractivity contribution in [2.75, 3.05) is 5.32 Å². The van der Waals surface area contributed by atoms with Crippen LogP contribution in [-0.2, 0) is 4.79 Å². The van der Waals surface area contributed by atoms with E-state index in [0.29, 0.717) is 12.1 Å². The fourth-order valence-corrected chi connectivity index (χ4v) is 2.04. The summed E-state index contributed by atoms with van der Waals surface area (Å²) in [7, 11) is 0. The molecule has 0 radical (unpaired) electrons. The molecular weight excluding hydrogens is 256 g/mol. The Bertz CT molecular complexity index is 480. The number of amides is 2. The van der Waals surface area contributed by atoms with Crippen LogP contribution in [0, 0.1) is 19.8 Å². The molecule has 3 N–H and O–H groups in total. The molecule has 1 rings (SSSR count). The van der Waals surface area contributed by atoms with E-state index in [9.17, 15) is 9.59 Å². The molecule has 0 unspecified atom stereocenters. The minimum absolute atomic E-state index is 0.127. The quantitative estimate of drug-likeness (QED) is 0.775. The SMILES string of the molecule is CC[C@@H](C)[C@H](NC(=O)Nc1cc(C)cc(C)c1)C(=O)O. The third-order valence-electron chi connectivity index (χ3n) is 3.25. The van der Waals surface area contributed by atoms with Gasteiger partial charge < -0.3 is 15.7 Å². The molecule has 0 saturated heterocycles. The van der Waals surface area contributed by atoms with Crippen molar-refractivity contribution in [1.82, 2.24) is 5.32 Å². The van der Waals surface area contributed by atoms with Gasteiger partial charge in [-0.2, -0.15) is 0 Å². The molecule has 0 fully saturated rings. The predicted octanol–water partition coefficient (Wildman–Crippen LogP) is 2.92. The van der Waals surface area contributed by atoms with Gasteiger partial charge in [0.05, 0.1) is 0 Å². The Morgan fingerprint density at radius 1 is 1.20 bits per heavy atom. The van der Waals surface area contributed by atoms with Gasteiger partial charge in [-0.25, -0.2) is 9.59 Å². The van der Waals surface area contributed by atoms with Gasteiger partial charge in [-0.15, -0.1) is 0 Å². The molecular formula is C15H22N2O3. The van der Waals surface area contributed by atoms with Crippen LogP contribution in [0.4, 0.5) is 10.5 Å². The molecule has 0 saturated carbocycles. The lowest BCUT2D eigenvalue weighted by atomic mass is 9.99. The normalized spacial score (nSPS) is 13.4. The zero-order valence-corrected chi connectivity index (χ0v) is 12.4. The first kappa shape index (κ1) is 16.0. The zero-order chi connectivity index (χ0) is 15.3. The number of carboxylic acid groups (broad SMARTS) is 1. The van der Waals surface area contributed by atoms with E-state index in [0.717, 1.165) is 11.1 Å². The van der Waals surface area contributed by atoms with E-state index in [2.05, 4.69) is 10.6 Å². The molecule has 110 valence electrons. The number of carbonyl (C=O) groups excluding carboxylic acids is 1. The number of anilines is 1.